The summed E-state index contributed by atoms with van der Waals surface area (Å²) in [6.07, 6.45) is 6.05. The number of aromatic amines is 2. The molecule has 2 aliphatic heterocycles. The first kappa shape index (κ1) is 19.9. The van der Waals surface area contributed by atoms with Gasteiger partial charge in [-0.25, -0.2) is 9.97 Å². The highest BCUT2D eigenvalue weighted by Gasteiger charge is 2.14. The van der Waals surface area contributed by atoms with Crippen LogP contribution in [0.15, 0.2) is 72.8 Å². The number of H-pyrrole nitrogens is 2. The summed E-state index contributed by atoms with van der Waals surface area (Å²) < 4.78 is 0. The van der Waals surface area contributed by atoms with Crippen molar-refractivity contribution >= 4 is 57.5 Å². The van der Waals surface area contributed by atoms with Crippen molar-refractivity contribution in [1.29, 1.82) is 0 Å². The Balaban J connectivity index is 1.58. The fourth-order valence-corrected chi connectivity index (χ4v) is 4.21. The van der Waals surface area contributed by atoms with Crippen LogP contribution in [-0.4, -0.2) is 25.8 Å². The van der Waals surface area contributed by atoms with Gasteiger partial charge < -0.3 is 15.3 Å². The number of hydrogen-bond acceptors (Lipinski definition) is 3. The van der Waals surface area contributed by atoms with Crippen LogP contribution in [0.1, 0.15) is 35.3 Å². The Morgan fingerprint density at radius 3 is 2.09 bits per heavy atom. The number of benzene rings is 1. The Morgan fingerprint density at radius 2 is 1.38 bits per heavy atom. The van der Waals surface area contributed by atoms with Crippen molar-refractivity contribution in [2.24, 2.45) is 0 Å². The molecule has 8 bridgehead atoms. The minimum absolute atomic E-state index is 0.103. The molecule has 164 valence electrons. The van der Waals surface area contributed by atoms with E-state index in [2.05, 4.69) is 33.5 Å². The number of anilines is 1. The van der Waals surface area contributed by atoms with E-state index in [0.29, 0.717) is 0 Å². The summed E-state index contributed by atoms with van der Waals surface area (Å²) in [5.74, 6) is -0.103. The Morgan fingerprint density at radius 1 is 0.735 bits per heavy atom. The van der Waals surface area contributed by atoms with Crippen LogP contribution >= 0.6 is 0 Å². The van der Waals surface area contributed by atoms with E-state index >= 15 is 0 Å². The van der Waals surface area contributed by atoms with Gasteiger partial charge in [-0.15, -0.1) is 0 Å². The molecule has 0 saturated carbocycles. The maximum absolute atomic E-state index is 11.5. The molecule has 5 heterocycles. The lowest BCUT2D eigenvalue weighted by molar-refractivity contribution is -0.114. The number of aromatic nitrogens is 4. The van der Waals surface area contributed by atoms with Crippen LogP contribution in [0.4, 0.5) is 5.69 Å². The molecule has 0 unspecified atom stereocenters. The van der Waals surface area contributed by atoms with Crippen molar-refractivity contribution in [2.45, 2.75) is 6.92 Å². The van der Waals surface area contributed by atoms with Gasteiger partial charge in [0.1, 0.15) is 0 Å². The number of nitrogens with one attached hydrogen (secondary N) is 3. The third-order valence-electron chi connectivity index (χ3n) is 5.66. The van der Waals surface area contributed by atoms with Gasteiger partial charge in [-0.1, -0.05) is 12.1 Å². The molecular formula is C28H21N5O. The molecule has 0 fully saturated rings. The van der Waals surface area contributed by atoms with Gasteiger partial charge in [0.15, 0.2) is 0 Å². The van der Waals surface area contributed by atoms with E-state index in [9.17, 15) is 4.79 Å². The molecule has 0 aliphatic carbocycles. The van der Waals surface area contributed by atoms with Crippen LogP contribution in [0, 0.1) is 0 Å². The molecule has 0 radical (unpaired) electrons. The second-order valence-corrected chi connectivity index (χ2v) is 8.35. The monoisotopic (exact) mass is 443 g/mol. The van der Waals surface area contributed by atoms with Gasteiger partial charge in [-0.3, -0.25) is 4.79 Å². The lowest BCUT2D eigenvalue weighted by Gasteiger charge is -2.06. The van der Waals surface area contributed by atoms with Gasteiger partial charge in [-0.05, 0) is 84.5 Å². The molecule has 6 heteroatoms. The van der Waals surface area contributed by atoms with Crippen molar-refractivity contribution in [3.8, 4) is 0 Å². The lowest BCUT2D eigenvalue weighted by Crippen LogP contribution is -2.05. The van der Waals surface area contributed by atoms with E-state index in [0.717, 1.165) is 61.7 Å². The number of hydrogen-bond donors (Lipinski definition) is 3. The Hall–Kier alpha value is -4.71. The first-order valence-electron chi connectivity index (χ1n) is 11.0. The first-order chi connectivity index (χ1) is 16.6. The van der Waals surface area contributed by atoms with Crippen LogP contribution in [0.3, 0.4) is 0 Å². The first-order valence-corrected chi connectivity index (χ1v) is 11.0. The Kier molecular flexibility index (Phi) is 4.70. The van der Waals surface area contributed by atoms with Gasteiger partial charge >= 0.3 is 0 Å². The highest BCUT2D eigenvalue weighted by atomic mass is 16.1. The number of carbonyl (C=O) groups is 1. The molecule has 2 aliphatic rings. The molecule has 34 heavy (non-hydrogen) atoms. The van der Waals surface area contributed by atoms with Crippen molar-refractivity contribution in [1.82, 2.24) is 19.9 Å². The van der Waals surface area contributed by atoms with Gasteiger partial charge in [-0.2, -0.15) is 0 Å². The third kappa shape index (κ3) is 4.04. The number of nitrogens with zero attached hydrogens (tertiary/aromatic N) is 2. The van der Waals surface area contributed by atoms with Crippen LogP contribution < -0.4 is 5.32 Å². The topological polar surface area (TPSA) is 86.5 Å². The standard InChI is InChI=1S/C28H21N5O/c1-17(34)29-19-4-2-3-18(11-19)27-15-26-14-24-8-7-22(31-24)12-20-5-6-21(30-20)13-23-9-10-25(32-23)16-28(27)33-26/h2-16,30-31H,1H3,(H,29,34). The highest BCUT2D eigenvalue weighted by molar-refractivity contribution is 5.95. The third-order valence-corrected chi connectivity index (χ3v) is 5.66. The quantitative estimate of drug-likeness (QED) is 0.305. The van der Waals surface area contributed by atoms with Crippen molar-refractivity contribution in [2.75, 3.05) is 5.32 Å². The smallest absolute Gasteiger partial charge is 0.221 e. The Labute approximate surface area is 195 Å². The van der Waals surface area contributed by atoms with Crippen LogP contribution in [-0.2, 0) is 4.79 Å². The van der Waals surface area contributed by atoms with Crippen molar-refractivity contribution in [3.63, 3.8) is 0 Å². The van der Waals surface area contributed by atoms with Crippen LogP contribution in [0.25, 0.3) is 45.9 Å². The molecule has 1 aromatic carbocycles. The molecule has 0 atom stereocenters. The van der Waals surface area contributed by atoms with Gasteiger partial charge in [0, 0.05) is 40.3 Å². The number of fused-ring (bicyclic) bond motifs is 8. The highest BCUT2D eigenvalue weighted by Crippen LogP contribution is 2.30. The van der Waals surface area contributed by atoms with Gasteiger partial charge in [0.05, 0.1) is 22.8 Å². The summed E-state index contributed by atoms with van der Waals surface area (Å²) in [7, 11) is 0. The molecule has 0 saturated heterocycles. The zero-order valence-electron chi connectivity index (χ0n) is 18.5. The largest absolute Gasteiger partial charge is 0.355 e. The minimum atomic E-state index is -0.103. The minimum Gasteiger partial charge on any atom is -0.355 e. The van der Waals surface area contributed by atoms with Crippen molar-refractivity contribution < 1.29 is 4.79 Å². The average Bonchev–Trinajstić information content (AvgIpc) is 3.58. The summed E-state index contributed by atoms with van der Waals surface area (Å²) in [5, 5.41) is 2.86. The van der Waals surface area contributed by atoms with E-state index < -0.39 is 0 Å². The fourth-order valence-electron chi connectivity index (χ4n) is 4.21. The lowest BCUT2D eigenvalue weighted by atomic mass is 10.0. The average molecular weight is 444 g/mol. The summed E-state index contributed by atoms with van der Waals surface area (Å²) in [5.41, 5.74) is 10.0. The predicted octanol–water partition coefficient (Wildman–Crippen LogP) is 6.03. The second-order valence-electron chi connectivity index (χ2n) is 8.35. The molecule has 6 rings (SSSR count). The number of carbonyl (C=O) groups excluding carboxylic acids is 1. The van der Waals surface area contributed by atoms with E-state index in [1.165, 1.54) is 6.92 Å². The van der Waals surface area contributed by atoms with Gasteiger partial charge in [0.2, 0.25) is 5.91 Å². The van der Waals surface area contributed by atoms with E-state index in [1.54, 1.807) is 0 Å². The second kappa shape index (κ2) is 8.01. The molecule has 1 amide bonds. The Bertz CT molecular complexity index is 1670. The zero-order valence-corrected chi connectivity index (χ0v) is 18.5. The van der Waals surface area contributed by atoms with Crippen LogP contribution in [0.2, 0.25) is 0 Å². The molecule has 6 nitrogen and oxygen atoms in total. The fraction of sp³-hybridized carbons (Fsp3) is 0.0357. The SMILES string of the molecule is CC(=O)Nc1cccc(C2=Cc3cc4ccc(cc5ccc(cc6nc(cc2n3)C=C6)[nH]5)[nH]4)c1. The normalized spacial score (nSPS) is 12.4. The summed E-state index contributed by atoms with van der Waals surface area (Å²) in [6.45, 7) is 1.51. The maximum atomic E-state index is 11.5. The summed E-state index contributed by atoms with van der Waals surface area (Å²) in [6, 6.07) is 24.1. The number of amides is 1. The predicted molar refractivity (Wildman–Crippen MR) is 138 cm³/mol. The molecular weight excluding hydrogens is 422 g/mol. The number of rotatable bonds is 2. The summed E-state index contributed by atoms with van der Waals surface area (Å²) in [4.78, 5) is 28.0. The van der Waals surface area contributed by atoms with Gasteiger partial charge in [0.25, 0.3) is 0 Å². The van der Waals surface area contributed by atoms with E-state index in [-0.39, 0.29) is 5.91 Å². The van der Waals surface area contributed by atoms with E-state index in [4.69, 9.17) is 9.97 Å². The maximum Gasteiger partial charge on any atom is 0.221 e. The van der Waals surface area contributed by atoms with Crippen molar-refractivity contribution in [3.05, 3.63) is 101 Å². The zero-order chi connectivity index (χ0) is 23.1. The van der Waals surface area contributed by atoms with E-state index in [1.807, 2.05) is 72.8 Å². The molecule has 3 N–H and O–H groups in total. The molecule has 0 spiro atoms. The summed E-state index contributed by atoms with van der Waals surface area (Å²) >= 11 is 0. The molecule has 4 aromatic rings. The van der Waals surface area contributed by atoms with Crippen LogP contribution in [0.5, 0.6) is 0 Å². The molecule has 3 aromatic heterocycles.